The lowest BCUT2D eigenvalue weighted by Gasteiger charge is -2.30. The molecule has 2 rings (SSSR count). The number of methoxy groups -OCH3 is 1. The Morgan fingerprint density at radius 3 is 2.62 bits per heavy atom. The summed E-state index contributed by atoms with van der Waals surface area (Å²) in [5, 5.41) is 0. The Labute approximate surface area is 126 Å². The van der Waals surface area contributed by atoms with Crippen molar-refractivity contribution in [3.8, 4) is 5.75 Å². The number of carbonyl (C=O) groups excluding carboxylic acids is 1. The molecule has 1 aromatic carbocycles. The average Bonchev–Trinajstić information content (AvgIpc) is 2.45. The molecule has 0 saturated heterocycles. The van der Waals surface area contributed by atoms with E-state index in [-0.39, 0.29) is 6.09 Å². The standard InChI is InChI=1S/C17H23NO3/c1-17(2,3)21-16(19)18-11-7-8-13(12-18)14-9-5-6-10-15(14)20-4/h5-6,8-10H,7,11-12H2,1-4H3. The summed E-state index contributed by atoms with van der Waals surface area (Å²) in [4.78, 5) is 13.9. The highest BCUT2D eigenvalue weighted by Gasteiger charge is 2.25. The molecule has 0 atom stereocenters. The zero-order chi connectivity index (χ0) is 15.5. The molecule has 0 radical (unpaired) electrons. The molecule has 21 heavy (non-hydrogen) atoms. The third kappa shape index (κ3) is 4.00. The number of ether oxygens (including phenoxy) is 2. The van der Waals surface area contributed by atoms with Gasteiger partial charge in [0.05, 0.1) is 7.11 Å². The van der Waals surface area contributed by atoms with E-state index >= 15 is 0 Å². The number of para-hydroxylation sites is 1. The van der Waals surface area contributed by atoms with Crippen molar-refractivity contribution >= 4 is 11.7 Å². The number of benzene rings is 1. The smallest absolute Gasteiger partial charge is 0.410 e. The SMILES string of the molecule is COc1ccccc1C1=CCCN(C(=O)OC(C)(C)C)C1. The minimum absolute atomic E-state index is 0.261. The molecule has 114 valence electrons. The van der Waals surface area contributed by atoms with Crippen molar-refractivity contribution in [2.45, 2.75) is 32.8 Å². The first-order chi connectivity index (χ1) is 9.90. The minimum atomic E-state index is -0.469. The molecule has 1 aliphatic rings. The van der Waals surface area contributed by atoms with E-state index < -0.39 is 5.60 Å². The van der Waals surface area contributed by atoms with E-state index in [2.05, 4.69) is 6.08 Å². The monoisotopic (exact) mass is 289 g/mol. The number of hydrogen-bond acceptors (Lipinski definition) is 3. The Morgan fingerprint density at radius 1 is 1.24 bits per heavy atom. The van der Waals surface area contributed by atoms with E-state index in [1.165, 1.54) is 0 Å². The maximum absolute atomic E-state index is 12.2. The van der Waals surface area contributed by atoms with Crippen LogP contribution in [0.15, 0.2) is 30.3 Å². The molecule has 1 aliphatic heterocycles. The summed E-state index contributed by atoms with van der Waals surface area (Å²) in [6.07, 6.45) is 2.73. The lowest BCUT2D eigenvalue weighted by atomic mass is 10.0. The Hall–Kier alpha value is -1.97. The van der Waals surface area contributed by atoms with Crippen molar-refractivity contribution in [2.75, 3.05) is 20.2 Å². The second kappa shape index (κ2) is 6.20. The van der Waals surface area contributed by atoms with Gasteiger partial charge in [0.15, 0.2) is 0 Å². The molecular formula is C17H23NO3. The van der Waals surface area contributed by atoms with Crippen molar-refractivity contribution in [1.82, 2.24) is 4.90 Å². The predicted octanol–water partition coefficient (Wildman–Crippen LogP) is 3.72. The molecular weight excluding hydrogens is 266 g/mol. The van der Waals surface area contributed by atoms with E-state index in [0.717, 1.165) is 23.3 Å². The van der Waals surface area contributed by atoms with Crippen LogP contribution in [0.3, 0.4) is 0 Å². The number of amides is 1. The fourth-order valence-electron chi connectivity index (χ4n) is 2.33. The molecule has 0 unspecified atom stereocenters. The van der Waals surface area contributed by atoms with Gasteiger partial charge in [-0.3, -0.25) is 0 Å². The van der Waals surface area contributed by atoms with Crippen LogP contribution in [-0.2, 0) is 4.74 Å². The van der Waals surface area contributed by atoms with Gasteiger partial charge in [-0.15, -0.1) is 0 Å². The largest absolute Gasteiger partial charge is 0.496 e. The minimum Gasteiger partial charge on any atom is -0.496 e. The van der Waals surface area contributed by atoms with Gasteiger partial charge in [0.25, 0.3) is 0 Å². The van der Waals surface area contributed by atoms with E-state index in [4.69, 9.17) is 9.47 Å². The molecule has 0 N–H and O–H groups in total. The number of carbonyl (C=O) groups is 1. The Morgan fingerprint density at radius 2 is 1.95 bits per heavy atom. The fourth-order valence-corrected chi connectivity index (χ4v) is 2.33. The van der Waals surface area contributed by atoms with E-state index in [1.54, 1.807) is 12.0 Å². The van der Waals surface area contributed by atoms with Gasteiger partial charge in [0.1, 0.15) is 11.4 Å². The molecule has 0 aliphatic carbocycles. The Balaban J connectivity index is 2.14. The molecule has 0 spiro atoms. The number of nitrogens with zero attached hydrogens (tertiary/aromatic N) is 1. The van der Waals surface area contributed by atoms with Crippen LogP contribution in [0.5, 0.6) is 5.75 Å². The normalized spacial score (nSPS) is 15.4. The van der Waals surface area contributed by atoms with E-state index in [1.807, 2.05) is 45.0 Å². The first-order valence-electron chi connectivity index (χ1n) is 7.21. The summed E-state index contributed by atoms with van der Waals surface area (Å²) < 4.78 is 10.8. The molecule has 1 amide bonds. The van der Waals surface area contributed by atoms with Crippen molar-refractivity contribution in [1.29, 1.82) is 0 Å². The van der Waals surface area contributed by atoms with Gasteiger partial charge in [0, 0.05) is 18.7 Å². The van der Waals surface area contributed by atoms with Crippen LogP contribution in [0, 0.1) is 0 Å². The third-order valence-electron chi connectivity index (χ3n) is 3.26. The maximum Gasteiger partial charge on any atom is 0.410 e. The highest BCUT2D eigenvalue weighted by Crippen LogP contribution is 2.29. The van der Waals surface area contributed by atoms with Gasteiger partial charge in [-0.1, -0.05) is 24.3 Å². The highest BCUT2D eigenvalue weighted by atomic mass is 16.6. The van der Waals surface area contributed by atoms with E-state index in [9.17, 15) is 4.79 Å². The zero-order valence-electron chi connectivity index (χ0n) is 13.2. The quantitative estimate of drug-likeness (QED) is 0.833. The van der Waals surface area contributed by atoms with Gasteiger partial charge >= 0.3 is 6.09 Å². The molecule has 1 heterocycles. The van der Waals surface area contributed by atoms with Crippen LogP contribution < -0.4 is 4.74 Å². The van der Waals surface area contributed by atoms with Crippen molar-refractivity contribution in [2.24, 2.45) is 0 Å². The third-order valence-corrected chi connectivity index (χ3v) is 3.26. The van der Waals surface area contributed by atoms with Gasteiger partial charge in [-0.25, -0.2) is 4.79 Å². The Bertz CT molecular complexity index is 543. The lowest BCUT2D eigenvalue weighted by Crippen LogP contribution is -2.39. The second-order valence-electron chi connectivity index (χ2n) is 6.12. The van der Waals surface area contributed by atoms with Crippen LogP contribution in [0.2, 0.25) is 0 Å². The molecule has 0 bridgehead atoms. The van der Waals surface area contributed by atoms with Crippen molar-refractivity contribution in [3.63, 3.8) is 0 Å². The highest BCUT2D eigenvalue weighted by molar-refractivity contribution is 5.77. The van der Waals surface area contributed by atoms with Gasteiger partial charge < -0.3 is 14.4 Å². The van der Waals surface area contributed by atoms with Crippen LogP contribution >= 0.6 is 0 Å². The fraction of sp³-hybridized carbons (Fsp3) is 0.471. The zero-order valence-corrected chi connectivity index (χ0v) is 13.2. The topological polar surface area (TPSA) is 38.8 Å². The van der Waals surface area contributed by atoms with Crippen molar-refractivity contribution < 1.29 is 14.3 Å². The first kappa shape index (κ1) is 15.4. The van der Waals surface area contributed by atoms with Crippen molar-refractivity contribution in [3.05, 3.63) is 35.9 Å². The second-order valence-corrected chi connectivity index (χ2v) is 6.12. The molecule has 0 aromatic heterocycles. The summed E-state index contributed by atoms with van der Waals surface area (Å²) in [6, 6.07) is 7.87. The van der Waals surface area contributed by atoms with Gasteiger partial charge in [-0.05, 0) is 38.8 Å². The van der Waals surface area contributed by atoms with Crippen LogP contribution in [-0.4, -0.2) is 36.8 Å². The summed E-state index contributed by atoms with van der Waals surface area (Å²) >= 11 is 0. The molecule has 0 saturated carbocycles. The van der Waals surface area contributed by atoms with Crippen LogP contribution in [0.25, 0.3) is 5.57 Å². The van der Waals surface area contributed by atoms with Crippen LogP contribution in [0.1, 0.15) is 32.8 Å². The van der Waals surface area contributed by atoms with Gasteiger partial charge in [-0.2, -0.15) is 0 Å². The molecule has 4 nitrogen and oxygen atoms in total. The molecule has 4 heteroatoms. The molecule has 1 aromatic rings. The predicted molar refractivity (Wildman–Crippen MR) is 83.4 cm³/mol. The number of rotatable bonds is 2. The first-order valence-corrected chi connectivity index (χ1v) is 7.21. The summed E-state index contributed by atoms with van der Waals surface area (Å²) in [5.41, 5.74) is 1.67. The van der Waals surface area contributed by atoms with E-state index in [0.29, 0.717) is 13.1 Å². The Kier molecular flexibility index (Phi) is 4.56. The number of hydrogen-bond donors (Lipinski definition) is 0. The summed E-state index contributed by atoms with van der Waals surface area (Å²) in [7, 11) is 1.66. The van der Waals surface area contributed by atoms with Crippen LogP contribution in [0.4, 0.5) is 4.79 Å². The van der Waals surface area contributed by atoms with Gasteiger partial charge in [0.2, 0.25) is 0 Å². The maximum atomic E-state index is 12.2. The molecule has 0 fully saturated rings. The summed E-state index contributed by atoms with van der Waals surface area (Å²) in [5.74, 6) is 0.829. The summed E-state index contributed by atoms with van der Waals surface area (Å²) in [6.45, 7) is 6.88. The lowest BCUT2D eigenvalue weighted by molar-refractivity contribution is 0.0273. The average molecular weight is 289 g/mol.